The Balaban J connectivity index is 1.26. The Labute approximate surface area is 206 Å². The highest BCUT2D eigenvalue weighted by Crippen LogP contribution is 2.32. The molecule has 1 aliphatic heterocycles. The number of nitrogens with one attached hydrogen (secondary N) is 1. The van der Waals surface area contributed by atoms with Crippen LogP contribution >= 0.6 is 0 Å². The summed E-state index contributed by atoms with van der Waals surface area (Å²) < 4.78 is 1.94. The number of benzene rings is 1. The van der Waals surface area contributed by atoms with Crippen molar-refractivity contribution in [3.63, 3.8) is 0 Å². The average molecular weight is 472 g/mol. The summed E-state index contributed by atoms with van der Waals surface area (Å²) in [5.41, 5.74) is 11.1. The second-order valence-corrected chi connectivity index (χ2v) is 9.56. The third kappa shape index (κ3) is 4.96. The van der Waals surface area contributed by atoms with Gasteiger partial charge >= 0.3 is 0 Å². The number of nitrogens with two attached hydrogens (primary N) is 1. The molecule has 1 aromatic carbocycles. The molecule has 3 heterocycles. The molecule has 1 saturated heterocycles. The molecule has 1 saturated carbocycles. The van der Waals surface area contributed by atoms with Crippen LogP contribution in [0.25, 0.3) is 16.6 Å². The third-order valence-electron chi connectivity index (χ3n) is 7.37. The van der Waals surface area contributed by atoms with Gasteiger partial charge in [-0.3, -0.25) is 4.79 Å². The van der Waals surface area contributed by atoms with E-state index in [0.717, 1.165) is 86.4 Å². The molecule has 0 spiro atoms. The molecule has 2 aliphatic rings. The first-order valence-electron chi connectivity index (χ1n) is 12.6. The molecular weight excluding hydrogens is 438 g/mol. The number of piperazine rings is 1. The SMILES string of the molecule is N#CC1CCC(C(=O)N2CCN(c3ccnn4cc(-c5ccc(NCCN)cc5)cc34)CC2)CC1. The van der Waals surface area contributed by atoms with Crippen LogP contribution in [-0.4, -0.2) is 59.7 Å². The van der Waals surface area contributed by atoms with Crippen molar-refractivity contribution in [2.75, 3.05) is 49.5 Å². The molecule has 0 bridgehead atoms. The summed E-state index contributed by atoms with van der Waals surface area (Å²) in [6.45, 7) is 4.44. The quantitative estimate of drug-likeness (QED) is 0.572. The molecule has 8 nitrogen and oxygen atoms in total. The minimum absolute atomic E-state index is 0.0869. The normalized spacial score (nSPS) is 20.6. The van der Waals surface area contributed by atoms with Gasteiger partial charge in [0.15, 0.2) is 0 Å². The van der Waals surface area contributed by atoms with Gasteiger partial charge in [-0.1, -0.05) is 12.1 Å². The van der Waals surface area contributed by atoms with Crippen LogP contribution in [0.2, 0.25) is 0 Å². The van der Waals surface area contributed by atoms with Gasteiger partial charge in [0.1, 0.15) is 0 Å². The smallest absolute Gasteiger partial charge is 0.225 e. The van der Waals surface area contributed by atoms with Crippen LogP contribution in [0.1, 0.15) is 25.7 Å². The summed E-state index contributed by atoms with van der Waals surface area (Å²) in [5.74, 6) is 0.488. The number of carbonyl (C=O) groups excluding carboxylic acids is 1. The molecule has 1 amide bonds. The van der Waals surface area contributed by atoms with Crippen LogP contribution in [0.3, 0.4) is 0 Å². The monoisotopic (exact) mass is 471 g/mol. The van der Waals surface area contributed by atoms with Crippen LogP contribution < -0.4 is 16.0 Å². The topological polar surface area (TPSA) is 103 Å². The van der Waals surface area contributed by atoms with Crippen molar-refractivity contribution in [2.45, 2.75) is 25.7 Å². The fourth-order valence-corrected chi connectivity index (χ4v) is 5.32. The van der Waals surface area contributed by atoms with Gasteiger partial charge in [-0.2, -0.15) is 10.4 Å². The summed E-state index contributed by atoms with van der Waals surface area (Å²) >= 11 is 0. The lowest BCUT2D eigenvalue weighted by atomic mass is 9.82. The number of nitriles is 1. The predicted molar refractivity (Wildman–Crippen MR) is 138 cm³/mol. The van der Waals surface area contributed by atoms with Crippen molar-refractivity contribution in [1.29, 1.82) is 5.26 Å². The number of rotatable bonds is 6. The fraction of sp³-hybridized carbons (Fsp3) is 0.444. The Hall–Kier alpha value is -3.57. The maximum absolute atomic E-state index is 13.0. The fourth-order valence-electron chi connectivity index (χ4n) is 5.32. The number of nitrogens with zero attached hydrogens (tertiary/aromatic N) is 5. The Kier molecular flexibility index (Phi) is 6.87. The third-order valence-corrected chi connectivity index (χ3v) is 7.37. The largest absolute Gasteiger partial charge is 0.384 e. The highest BCUT2D eigenvalue weighted by molar-refractivity contribution is 5.81. The Morgan fingerprint density at radius 3 is 2.49 bits per heavy atom. The zero-order chi connectivity index (χ0) is 24.2. The van der Waals surface area contributed by atoms with E-state index >= 15 is 0 Å². The molecule has 5 rings (SSSR count). The standard InChI is InChI=1S/C27H33N7O/c28-10-12-30-24-7-5-21(6-8-24)23-17-26-25(9-11-31-34(26)19-23)32-13-15-33(16-14-32)27(35)22-3-1-20(18-29)2-4-22/h5-9,11,17,19-20,22,30H,1-4,10,12-16,28H2. The molecule has 8 heteroatoms. The highest BCUT2D eigenvalue weighted by atomic mass is 16.2. The van der Waals surface area contributed by atoms with Crippen molar-refractivity contribution in [3.05, 3.63) is 48.8 Å². The van der Waals surface area contributed by atoms with Gasteiger partial charge in [-0.15, -0.1) is 0 Å². The van der Waals surface area contributed by atoms with E-state index in [1.54, 1.807) is 0 Å². The number of amides is 1. The predicted octanol–water partition coefficient (Wildman–Crippen LogP) is 3.35. The Bertz CT molecular complexity index is 1200. The van der Waals surface area contributed by atoms with Crippen molar-refractivity contribution < 1.29 is 4.79 Å². The Morgan fingerprint density at radius 2 is 1.80 bits per heavy atom. The minimum Gasteiger partial charge on any atom is -0.384 e. The van der Waals surface area contributed by atoms with E-state index in [0.29, 0.717) is 6.54 Å². The van der Waals surface area contributed by atoms with Crippen molar-refractivity contribution in [3.8, 4) is 17.2 Å². The lowest BCUT2D eigenvalue weighted by Crippen LogP contribution is -2.50. The lowest BCUT2D eigenvalue weighted by Gasteiger charge is -2.38. The maximum Gasteiger partial charge on any atom is 0.225 e. The maximum atomic E-state index is 13.0. The molecule has 35 heavy (non-hydrogen) atoms. The lowest BCUT2D eigenvalue weighted by molar-refractivity contribution is -0.137. The zero-order valence-corrected chi connectivity index (χ0v) is 20.1. The van der Waals surface area contributed by atoms with E-state index in [1.165, 1.54) is 0 Å². The number of carbonyl (C=O) groups is 1. The number of anilines is 2. The summed E-state index contributed by atoms with van der Waals surface area (Å²) in [4.78, 5) is 17.4. The summed E-state index contributed by atoms with van der Waals surface area (Å²) in [5, 5.41) is 17.0. The Morgan fingerprint density at radius 1 is 1.06 bits per heavy atom. The minimum atomic E-state index is 0.0869. The van der Waals surface area contributed by atoms with Crippen LogP contribution in [-0.2, 0) is 4.79 Å². The summed E-state index contributed by atoms with van der Waals surface area (Å²) in [6, 6.07) is 15.0. The second kappa shape index (κ2) is 10.4. The number of fused-ring (bicyclic) bond motifs is 1. The highest BCUT2D eigenvalue weighted by Gasteiger charge is 2.31. The van der Waals surface area contributed by atoms with E-state index in [-0.39, 0.29) is 17.7 Å². The summed E-state index contributed by atoms with van der Waals surface area (Å²) in [6.07, 6.45) is 7.31. The van der Waals surface area contributed by atoms with Crippen LogP contribution in [0.15, 0.2) is 48.8 Å². The molecule has 0 radical (unpaired) electrons. The van der Waals surface area contributed by atoms with Crippen LogP contribution in [0.5, 0.6) is 0 Å². The number of hydrogen-bond donors (Lipinski definition) is 2. The second-order valence-electron chi connectivity index (χ2n) is 9.56. The van der Waals surface area contributed by atoms with Crippen LogP contribution in [0, 0.1) is 23.2 Å². The van der Waals surface area contributed by atoms with E-state index < -0.39 is 0 Å². The molecule has 182 valence electrons. The number of hydrogen-bond acceptors (Lipinski definition) is 6. The molecule has 0 unspecified atom stereocenters. The van der Waals surface area contributed by atoms with Crippen molar-refractivity contribution >= 4 is 22.8 Å². The van der Waals surface area contributed by atoms with E-state index in [9.17, 15) is 4.79 Å². The molecule has 3 N–H and O–H groups in total. The van der Waals surface area contributed by atoms with Crippen LogP contribution in [0.4, 0.5) is 11.4 Å². The zero-order valence-electron chi connectivity index (χ0n) is 20.1. The first-order chi connectivity index (χ1) is 17.2. The van der Waals surface area contributed by atoms with Gasteiger partial charge in [-0.05, 0) is 55.5 Å². The summed E-state index contributed by atoms with van der Waals surface area (Å²) in [7, 11) is 0. The van der Waals surface area contributed by atoms with Gasteiger partial charge < -0.3 is 20.9 Å². The van der Waals surface area contributed by atoms with Crippen molar-refractivity contribution in [2.24, 2.45) is 17.6 Å². The van der Waals surface area contributed by atoms with Gasteiger partial charge in [0.05, 0.1) is 17.3 Å². The van der Waals surface area contributed by atoms with Crippen molar-refractivity contribution in [1.82, 2.24) is 14.5 Å². The molecule has 3 aromatic rings. The number of aromatic nitrogens is 2. The van der Waals surface area contributed by atoms with Gasteiger partial charge in [0.2, 0.25) is 5.91 Å². The van der Waals surface area contributed by atoms with E-state index in [1.807, 2.05) is 15.6 Å². The average Bonchev–Trinajstić information content (AvgIpc) is 3.36. The molecule has 2 fully saturated rings. The van der Waals surface area contributed by atoms with Gasteiger partial charge in [0.25, 0.3) is 0 Å². The van der Waals surface area contributed by atoms with E-state index in [2.05, 4.69) is 64.0 Å². The first kappa shape index (κ1) is 23.2. The molecule has 2 aromatic heterocycles. The van der Waals surface area contributed by atoms with Gasteiger partial charge in [0, 0.05) is 74.7 Å². The first-order valence-corrected chi connectivity index (χ1v) is 12.6. The molecule has 0 atom stereocenters. The van der Waals surface area contributed by atoms with E-state index in [4.69, 9.17) is 11.0 Å². The molecule has 1 aliphatic carbocycles. The molecular formula is C27H33N7O. The van der Waals surface area contributed by atoms with Gasteiger partial charge in [-0.25, -0.2) is 4.52 Å².